The maximum atomic E-state index is 3.78. The van der Waals surface area contributed by atoms with Crippen LogP contribution in [0.3, 0.4) is 0 Å². The van der Waals surface area contributed by atoms with Gasteiger partial charge in [0, 0.05) is 12.4 Å². The largest absolute Gasteiger partial charge is 0.265 e. The molecule has 0 saturated carbocycles. The molecule has 0 unspecified atom stereocenters. The highest BCUT2D eigenvalue weighted by Crippen LogP contribution is 2.32. The van der Waals surface area contributed by atoms with Gasteiger partial charge in [-0.1, -0.05) is 622 Å². The Morgan fingerprint density at radius 2 is 0.300 bits per heavy atom. The molecule has 0 N–H and O–H groups in total. The molecular weight excluding hydrogens is 1560 g/mol. The molecule has 1 heteroatoms. The number of hydrogen-bond donors (Lipinski definition) is 0. The standard InChI is InChI=1S/C16H14.C16H12.2C14H10.C12H10.C10H8.C7H8.C5H5N.13C2H6.9CH4/c1-11-13-7-3-5-9-15(13)12(2)16-10-6-4-8-14(11)16;1-2-6-13(7-3-1)16-11-10-14-8-4-5-9-15(14)12-16;1-3-7-13-11(5-1)9-10-12-6-2-4-8-14(12)13;1-2-6-12-10-14-8-4-3-7-13(14)9-11(12)5-1;1-3-7-11(8-4-1)12-9-5-2-6-10-12;1-2-6-10-8-4-3-7-9(10)5-1;1-7-5-3-2-4-6-7;1-2-4-6-5-3-1;13*1-2;;;;;;;;;/h3-10H,1-2H3;1-12H;2*1-10H;1-10H;1-8H;2-6H,1H3;1-5H;13*1-2H3;9*1H4. The number of aryl methyl sites for hydroxylation is 3. The van der Waals surface area contributed by atoms with Crippen LogP contribution in [-0.4, -0.2) is 4.98 Å². The van der Waals surface area contributed by atoms with E-state index in [0.717, 1.165) is 0 Å². The number of rotatable bonds is 2. The normalized spacial score (nSPS) is 8.10. The molecule has 1 nitrogen and oxygen atoms in total. The zero-order valence-corrected chi connectivity index (χ0v) is 80.2. The second kappa shape index (κ2) is 99.1. The lowest BCUT2D eigenvalue weighted by Crippen LogP contribution is -1.87. The molecule has 0 saturated heterocycles. The molecule has 18 rings (SSSR count). The van der Waals surface area contributed by atoms with Gasteiger partial charge in [0.05, 0.1) is 0 Å². The van der Waals surface area contributed by atoms with Crippen LogP contribution in [0.1, 0.15) is 264 Å². The molecule has 0 bridgehead atoms. The molecule has 0 radical (unpaired) electrons. The third kappa shape index (κ3) is 52.4. The summed E-state index contributed by atoms with van der Waals surface area (Å²) in [7, 11) is 0. The van der Waals surface area contributed by atoms with E-state index in [4.69, 9.17) is 0 Å². The van der Waals surface area contributed by atoms with Gasteiger partial charge in [0.1, 0.15) is 0 Å². The van der Waals surface area contributed by atoms with Gasteiger partial charge in [-0.05, 0) is 171 Å². The van der Waals surface area contributed by atoms with Crippen LogP contribution in [0, 0.1) is 20.8 Å². The molecule has 0 amide bonds. The van der Waals surface area contributed by atoms with Gasteiger partial charge in [0.2, 0.25) is 0 Å². The average Bonchev–Trinajstić information content (AvgIpc) is 0.763. The molecule has 0 aliphatic carbocycles. The Hall–Kier alpha value is -12.0. The fraction of sp³-hybridized carbons (Fsp3) is 0.295. The van der Waals surface area contributed by atoms with Crippen LogP contribution in [0.2, 0.25) is 0 Å². The fourth-order valence-electron chi connectivity index (χ4n) is 11.6. The number of nitrogens with zero attached hydrogens (tertiary/aromatic N) is 1. The lowest BCUT2D eigenvalue weighted by atomic mass is 9.93. The van der Waals surface area contributed by atoms with E-state index >= 15 is 0 Å². The minimum Gasteiger partial charge on any atom is -0.265 e. The number of hydrogen-bond acceptors (Lipinski definition) is 1. The minimum atomic E-state index is 0. The first-order chi connectivity index (χ1) is 59.9. The van der Waals surface area contributed by atoms with Crippen molar-refractivity contribution < 1.29 is 0 Å². The Morgan fingerprint density at radius 3 is 0.515 bits per heavy atom. The fourth-order valence-corrected chi connectivity index (χ4v) is 11.6. The monoisotopic (exact) mass is 1750 g/mol. The van der Waals surface area contributed by atoms with Crippen LogP contribution in [0.5, 0.6) is 0 Å². The predicted octanol–water partition coefficient (Wildman–Crippen LogP) is 45.4. The molecule has 0 aliphatic heterocycles. The molecule has 712 valence electrons. The smallest absolute Gasteiger partial charge is 0.0267 e. The summed E-state index contributed by atoms with van der Waals surface area (Å²) in [5.41, 5.74) is 9.19. The molecule has 0 fully saturated rings. The lowest BCUT2D eigenvalue weighted by molar-refractivity contribution is 1.33. The van der Waals surface area contributed by atoms with Crippen molar-refractivity contribution in [1.29, 1.82) is 0 Å². The highest BCUT2D eigenvalue weighted by atomic mass is 14.6. The van der Waals surface area contributed by atoms with Crippen LogP contribution in [0.25, 0.3) is 108 Å². The topological polar surface area (TPSA) is 12.9 Å². The third-order valence-corrected chi connectivity index (χ3v) is 16.6. The number of benzene rings is 17. The van der Waals surface area contributed by atoms with E-state index in [2.05, 4.69) is 372 Å². The van der Waals surface area contributed by atoms with E-state index in [-0.39, 0.29) is 66.8 Å². The molecular formula is C129H191N. The van der Waals surface area contributed by atoms with Crippen LogP contribution >= 0.6 is 0 Å². The molecule has 0 atom stereocenters. The summed E-state index contributed by atoms with van der Waals surface area (Å²) in [6.07, 6.45) is 3.50. The molecule has 17 aromatic carbocycles. The number of aromatic nitrogens is 1. The quantitative estimate of drug-likeness (QED) is 0.124. The van der Waals surface area contributed by atoms with E-state index in [9.17, 15) is 0 Å². The Balaban J connectivity index is -0.000000118. The van der Waals surface area contributed by atoms with Crippen LogP contribution in [0.4, 0.5) is 0 Å². The van der Waals surface area contributed by atoms with E-state index in [0.29, 0.717) is 0 Å². The zero-order chi connectivity index (χ0) is 91.1. The summed E-state index contributed by atoms with van der Waals surface area (Å²) in [5.74, 6) is 0. The third-order valence-electron chi connectivity index (χ3n) is 16.6. The average molecular weight is 1760 g/mol. The van der Waals surface area contributed by atoms with Crippen LogP contribution in [-0.2, 0) is 0 Å². The van der Waals surface area contributed by atoms with Gasteiger partial charge < -0.3 is 0 Å². The van der Waals surface area contributed by atoms with Crippen molar-refractivity contribution in [2.24, 2.45) is 0 Å². The van der Waals surface area contributed by atoms with Crippen LogP contribution < -0.4 is 0 Å². The predicted molar refractivity (Wildman–Crippen MR) is 623 cm³/mol. The van der Waals surface area contributed by atoms with Gasteiger partial charge in [0.15, 0.2) is 0 Å². The zero-order valence-electron chi connectivity index (χ0n) is 80.2. The first-order valence-electron chi connectivity index (χ1n) is 45.5. The molecule has 1 aromatic heterocycles. The van der Waals surface area contributed by atoms with E-state index in [1.807, 2.05) is 235 Å². The van der Waals surface area contributed by atoms with E-state index in [1.54, 1.807) is 12.4 Å². The maximum absolute atomic E-state index is 3.78. The SMILES string of the molecule is C.C.C.C.C.C.C.C.C.CC.CC.CC.CC.CC.CC.CC.CC.CC.CC.CC.CC.CC.Cc1c2ccccc2c(C)c2ccccc12.Cc1ccccc1.c1ccc(-c2ccc3ccccc3c2)cc1.c1ccc(-c2ccccc2)cc1.c1ccc2c(c1)ccc1ccccc12.c1ccc2cc3ccccc3cc2c1.c1ccc2ccccc2c1.c1ccncc1. The Bertz CT molecular complexity index is 4900. The van der Waals surface area contributed by atoms with Crippen molar-refractivity contribution >= 4 is 86.2 Å². The van der Waals surface area contributed by atoms with Crippen molar-refractivity contribution in [3.8, 4) is 22.3 Å². The van der Waals surface area contributed by atoms with Gasteiger partial charge >= 0.3 is 0 Å². The summed E-state index contributed by atoms with van der Waals surface area (Å²) in [6, 6.07) is 139. The van der Waals surface area contributed by atoms with Crippen molar-refractivity contribution in [2.75, 3.05) is 0 Å². The molecule has 1 heterocycles. The molecule has 0 spiro atoms. The van der Waals surface area contributed by atoms with Crippen molar-refractivity contribution in [3.05, 3.63) is 429 Å². The first-order valence-corrected chi connectivity index (χ1v) is 45.5. The van der Waals surface area contributed by atoms with Crippen molar-refractivity contribution in [3.63, 3.8) is 0 Å². The maximum Gasteiger partial charge on any atom is 0.0267 e. The summed E-state index contributed by atoms with van der Waals surface area (Å²) in [5, 5.41) is 21.2. The molecule has 0 aliphatic rings. The summed E-state index contributed by atoms with van der Waals surface area (Å²) in [6.45, 7) is 58.5. The van der Waals surface area contributed by atoms with E-state index < -0.39 is 0 Å². The number of fused-ring (bicyclic) bond motifs is 9. The minimum absolute atomic E-state index is 0. The van der Waals surface area contributed by atoms with Crippen molar-refractivity contribution in [2.45, 2.75) is 268 Å². The number of pyridine rings is 1. The highest BCUT2D eigenvalue weighted by molar-refractivity contribution is 6.08. The summed E-state index contributed by atoms with van der Waals surface area (Å²) >= 11 is 0. The molecule has 130 heavy (non-hydrogen) atoms. The van der Waals surface area contributed by atoms with Crippen molar-refractivity contribution in [1.82, 2.24) is 4.98 Å². The van der Waals surface area contributed by atoms with Gasteiger partial charge in [-0.3, -0.25) is 4.98 Å². The van der Waals surface area contributed by atoms with Gasteiger partial charge in [-0.2, -0.15) is 0 Å². The second-order valence-corrected chi connectivity index (χ2v) is 23.1. The second-order valence-electron chi connectivity index (χ2n) is 23.1. The summed E-state index contributed by atoms with van der Waals surface area (Å²) in [4.78, 5) is 3.78. The summed E-state index contributed by atoms with van der Waals surface area (Å²) < 4.78 is 0. The first kappa shape index (κ1) is 144. The van der Waals surface area contributed by atoms with Gasteiger partial charge in [-0.15, -0.1) is 0 Å². The Labute approximate surface area is 805 Å². The Morgan fingerprint density at radius 1 is 0.131 bits per heavy atom. The Kier molecular flexibility index (Phi) is 110. The van der Waals surface area contributed by atoms with E-state index in [1.165, 1.54) is 125 Å². The van der Waals surface area contributed by atoms with Gasteiger partial charge in [-0.25, -0.2) is 0 Å². The highest BCUT2D eigenvalue weighted by Gasteiger charge is 2.07. The molecule has 18 aromatic rings. The van der Waals surface area contributed by atoms with Crippen LogP contribution in [0.15, 0.2) is 413 Å². The van der Waals surface area contributed by atoms with Gasteiger partial charge in [0.25, 0.3) is 0 Å². The lowest BCUT2D eigenvalue weighted by Gasteiger charge is -2.11.